The van der Waals surface area contributed by atoms with Crippen LogP contribution in [0, 0.1) is 0 Å². The Morgan fingerprint density at radius 2 is 1.52 bits per heavy atom. The van der Waals surface area contributed by atoms with Crippen LogP contribution in [0.3, 0.4) is 0 Å². The molecule has 1 N–H and O–H groups in total. The van der Waals surface area contributed by atoms with Crippen LogP contribution in [0.5, 0.6) is 0 Å². The number of carboxylic acids is 1. The molecule has 0 bridgehead atoms. The summed E-state index contributed by atoms with van der Waals surface area (Å²) >= 11 is 0. The van der Waals surface area contributed by atoms with Gasteiger partial charge in [-0.25, -0.2) is 14.4 Å². The fourth-order valence-corrected chi connectivity index (χ4v) is 1.37. The quantitative estimate of drug-likeness (QED) is 0.425. The Morgan fingerprint density at radius 1 is 1.00 bits per heavy atom. The molecule has 0 heterocycles. The van der Waals surface area contributed by atoms with Crippen molar-refractivity contribution in [1.82, 2.24) is 0 Å². The lowest BCUT2D eigenvalue weighted by molar-refractivity contribution is -0.138. The fourth-order valence-electron chi connectivity index (χ4n) is 1.37. The SMILES string of the molecule is C=C(C)C(=O)OC.C=C(C)C(=O)OCC.CC(=CC=Cc1ccccc1)C(=O)O. The van der Waals surface area contributed by atoms with Gasteiger partial charge in [0.15, 0.2) is 0 Å². The highest BCUT2D eigenvalue weighted by atomic mass is 16.5. The molecule has 0 unspecified atom stereocenters. The standard InChI is InChI=1S/C12H12O2.C6H10O2.C5H8O2/c1-10(12(13)14)6-5-9-11-7-3-2-4-8-11;1-4-8-6(7)5(2)3;1-4(2)5(6)7-3/h2-9H,1H3,(H,13,14);2,4H2,1,3H3;1H2,2-3H3. The first-order valence-electron chi connectivity index (χ1n) is 8.76. The Bertz CT molecular complexity index is 742. The maximum absolute atomic E-state index is 10.4. The fraction of sp³-hybridized carbons (Fsp3) is 0.261. The van der Waals surface area contributed by atoms with E-state index >= 15 is 0 Å². The van der Waals surface area contributed by atoms with Crippen molar-refractivity contribution in [3.8, 4) is 0 Å². The van der Waals surface area contributed by atoms with Crippen LogP contribution in [-0.4, -0.2) is 36.7 Å². The Labute approximate surface area is 172 Å². The number of ether oxygens (including phenoxy) is 2. The molecule has 158 valence electrons. The summed E-state index contributed by atoms with van der Waals surface area (Å²) < 4.78 is 8.84. The first-order valence-corrected chi connectivity index (χ1v) is 8.76. The summed E-state index contributed by atoms with van der Waals surface area (Å²) in [4.78, 5) is 31.1. The summed E-state index contributed by atoms with van der Waals surface area (Å²) in [6, 6.07) is 9.73. The van der Waals surface area contributed by atoms with Gasteiger partial charge in [0.1, 0.15) is 0 Å². The van der Waals surface area contributed by atoms with Crippen LogP contribution < -0.4 is 0 Å². The molecule has 1 rings (SSSR count). The zero-order valence-corrected chi connectivity index (χ0v) is 17.7. The first-order chi connectivity index (χ1) is 13.6. The monoisotopic (exact) mass is 402 g/mol. The normalized spacial score (nSPS) is 9.90. The third kappa shape index (κ3) is 16.5. The predicted molar refractivity (Wildman–Crippen MR) is 115 cm³/mol. The van der Waals surface area contributed by atoms with Gasteiger partial charge in [0, 0.05) is 16.7 Å². The number of rotatable bonds is 6. The van der Waals surface area contributed by atoms with Crippen molar-refractivity contribution in [3.05, 3.63) is 77.9 Å². The van der Waals surface area contributed by atoms with Crippen LogP contribution in [0.4, 0.5) is 0 Å². The average molecular weight is 402 g/mol. The second kappa shape index (κ2) is 16.7. The summed E-state index contributed by atoms with van der Waals surface area (Å²) in [6.07, 6.45) is 5.18. The Morgan fingerprint density at radius 3 is 1.83 bits per heavy atom. The molecule has 6 nitrogen and oxygen atoms in total. The number of hydrogen-bond acceptors (Lipinski definition) is 5. The highest BCUT2D eigenvalue weighted by Crippen LogP contribution is 2.02. The minimum Gasteiger partial charge on any atom is -0.478 e. The van der Waals surface area contributed by atoms with Gasteiger partial charge in [0.25, 0.3) is 0 Å². The first kappa shape index (κ1) is 27.8. The third-order valence-electron chi connectivity index (χ3n) is 2.93. The van der Waals surface area contributed by atoms with E-state index in [2.05, 4.69) is 22.6 Å². The van der Waals surface area contributed by atoms with Gasteiger partial charge in [-0.05, 0) is 33.3 Å². The molecule has 1 aromatic carbocycles. The molecule has 0 aliphatic rings. The molecule has 0 atom stereocenters. The summed E-state index contributed by atoms with van der Waals surface area (Å²) in [5, 5.41) is 8.58. The van der Waals surface area contributed by atoms with Gasteiger partial charge in [0.05, 0.1) is 13.7 Å². The van der Waals surface area contributed by atoms with Gasteiger partial charge in [-0.1, -0.05) is 61.7 Å². The van der Waals surface area contributed by atoms with Crippen molar-refractivity contribution in [2.75, 3.05) is 13.7 Å². The summed E-state index contributed by atoms with van der Waals surface area (Å²) in [7, 11) is 1.33. The van der Waals surface area contributed by atoms with E-state index in [1.807, 2.05) is 36.4 Å². The highest BCUT2D eigenvalue weighted by molar-refractivity contribution is 5.87. The number of benzene rings is 1. The molecule has 1 aromatic rings. The second-order valence-electron chi connectivity index (χ2n) is 5.70. The topological polar surface area (TPSA) is 89.9 Å². The number of allylic oxidation sites excluding steroid dienone is 2. The van der Waals surface area contributed by atoms with E-state index < -0.39 is 5.97 Å². The van der Waals surface area contributed by atoms with Crippen LogP contribution in [0.25, 0.3) is 6.08 Å². The van der Waals surface area contributed by atoms with E-state index in [1.165, 1.54) is 7.11 Å². The van der Waals surface area contributed by atoms with Crippen molar-refractivity contribution in [2.24, 2.45) is 0 Å². The zero-order chi connectivity index (χ0) is 22.8. The van der Waals surface area contributed by atoms with E-state index in [-0.39, 0.29) is 11.9 Å². The molecule has 0 aliphatic carbocycles. The summed E-state index contributed by atoms with van der Waals surface area (Å²) in [6.45, 7) is 13.7. The van der Waals surface area contributed by atoms with Crippen molar-refractivity contribution < 1.29 is 29.0 Å². The summed E-state index contributed by atoms with van der Waals surface area (Å²) in [5.74, 6) is -1.55. The maximum Gasteiger partial charge on any atom is 0.333 e. The van der Waals surface area contributed by atoms with E-state index in [9.17, 15) is 14.4 Å². The molecule has 0 amide bonds. The van der Waals surface area contributed by atoms with Crippen molar-refractivity contribution in [3.63, 3.8) is 0 Å². The van der Waals surface area contributed by atoms with Crippen molar-refractivity contribution in [2.45, 2.75) is 27.7 Å². The Hall–Kier alpha value is -3.41. The number of carboxylic acid groups (broad SMARTS) is 1. The molecule has 0 spiro atoms. The second-order valence-corrected chi connectivity index (χ2v) is 5.70. The van der Waals surface area contributed by atoms with Crippen LogP contribution in [-0.2, 0) is 23.9 Å². The number of carbonyl (C=O) groups is 3. The molecule has 0 aromatic heterocycles. The zero-order valence-electron chi connectivity index (χ0n) is 17.7. The van der Waals surface area contributed by atoms with Crippen LogP contribution in [0.2, 0.25) is 0 Å². The largest absolute Gasteiger partial charge is 0.478 e. The van der Waals surface area contributed by atoms with Gasteiger partial charge in [0.2, 0.25) is 0 Å². The molecule has 0 aliphatic heterocycles. The van der Waals surface area contributed by atoms with Gasteiger partial charge in [-0.15, -0.1) is 0 Å². The van der Waals surface area contributed by atoms with Crippen LogP contribution >= 0.6 is 0 Å². The molecule has 0 radical (unpaired) electrons. The lowest BCUT2D eigenvalue weighted by atomic mass is 10.2. The third-order valence-corrected chi connectivity index (χ3v) is 2.93. The molecular formula is C23H30O6. The molecular weight excluding hydrogens is 372 g/mol. The van der Waals surface area contributed by atoms with Gasteiger partial charge < -0.3 is 14.6 Å². The molecule has 0 saturated carbocycles. The van der Waals surface area contributed by atoms with E-state index in [0.717, 1.165) is 5.56 Å². The smallest absolute Gasteiger partial charge is 0.333 e. The predicted octanol–water partition coefficient (Wildman–Crippen LogP) is 4.59. The van der Waals surface area contributed by atoms with E-state index in [0.29, 0.717) is 23.3 Å². The number of aliphatic carboxylic acids is 1. The van der Waals surface area contributed by atoms with E-state index in [4.69, 9.17) is 5.11 Å². The van der Waals surface area contributed by atoms with Crippen LogP contribution in [0.15, 0.2) is 72.4 Å². The lowest BCUT2D eigenvalue weighted by Gasteiger charge is -1.96. The molecule has 0 fully saturated rings. The molecule has 0 saturated heterocycles. The van der Waals surface area contributed by atoms with Crippen molar-refractivity contribution >= 4 is 24.0 Å². The van der Waals surface area contributed by atoms with Crippen LogP contribution in [0.1, 0.15) is 33.3 Å². The number of hydrogen-bond donors (Lipinski definition) is 1. The Kier molecular flexibility index (Phi) is 16.1. The molecule has 29 heavy (non-hydrogen) atoms. The average Bonchev–Trinajstić information content (AvgIpc) is 2.69. The number of methoxy groups -OCH3 is 1. The van der Waals surface area contributed by atoms with Gasteiger partial charge >= 0.3 is 17.9 Å². The minimum absolute atomic E-state index is 0.312. The van der Waals surface area contributed by atoms with Crippen molar-refractivity contribution in [1.29, 1.82) is 0 Å². The number of carbonyl (C=O) groups excluding carboxylic acids is 2. The highest BCUT2D eigenvalue weighted by Gasteiger charge is 1.98. The van der Waals surface area contributed by atoms with E-state index in [1.54, 1.807) is 39.8 Å². The Balaban J connectivity index is 0. The number of esters is 2. The lowest BCUT2D eigenvalue weighted by Crippen LogP contribution is -2.03. The van der Waals surface area contributed by atoms with Gasteiger partial charge in [-0.3, -0.25) is 0 Å². The minimum atomic E-state index is -0.886. The van der Waals surface area contributed by atoms with Gasteiger partial charge in [-0.2, -0.15) is 0 Å². The molecule has 6 heteroatoms. The summed E-state index contributed by atoms with van der Waals surface area (Å²) in [5.41, 5.74) is 2.27. The maximum atomic E-state index is 10.4.